The van der Waals surface area contributed by atoms with Crippen molar-refractivity contribution in [2.45, 2.75) is 24.9 Å². The van der Waals surface area contributed by atoms with Crippen LogP contribution in [0.15, 0.2) is 146 Å². The molecule has 0 spiro atoms. The summed E-state index contributed by atoms with van der Waals surface area (Å²) >= 11 is 0. The molecule has 1 fully saturated rings. The van der Waals surface area contributed by atoms with Crippen molar-refractivity contribution in [3.05, 3.63) is 179 Å². The van der Waals surface area contributed by atoms with Gasteiger partial charge in [0.1, 0.15) is 34.5 Å². The first-order chi connectivity index (χ1) is 37.0. The molecule has 4 N–H and O–H groups in total. The van der Waals surface area contributed by atoms with Crippen molar-refractivity contribution in [2.24, 2.45) is 0 Å². The Bertz CT molecular complexity index is 3680. The number of aromatic nitrogens is 4. The minimum Gasteiger partial charge on any atom is -0.497 e. The average Bonchev–Trinajstić information content (AvgIpc) is 4.47. The van der Waals surface area contributed by atoms with Gasteiger partial charge in [-0.3, -0.25) is 29.0 Å². The summed E-state index contributed by atoms with van der Waals surface area (Å²) in [5.74, 6) is 1.46. The number of amides is 4. The van der Waals surface area contributed by atoms with Crippen LogP contribution in [-0.4, -0.2) is 96.0 Å². The van der Waals surface area contributed by atoms with E-state index in [0.717, 1.165) is 65.9 Å². The molecule has 6 aromatic carbocycles. The lowest BCUT2D eigenvalue weighted by atomic mass is 9.83. The number of hydrogen-bond donors (Lipinski definition) is 4. The minimum absolute atomic E-state index is 0. The van der Waals surface area contributed by atoms with Crippen molar-refractivity contribution < 1.29 is 49.0 Å². The maximum absolute atomic E-state index is 14.1. The lowest BCUT2D eigenvalue weighted by Crippen LogP contribution is -2.30. The van der Waals surface area contributed by atoms with Gasteiger partial charge in [-0.15, -0.1) is 0 Å². The van der Waals surface area contributed by atoms with Gasteiger partial charge in [0.25, 0.3) is 11.8 Å². The topological polar surface area (TPSA) is 193 Å². The number of carbonyl (C=O) groups is 4. The van der Waals surface area contributed by atoms with Gasteiger partial charge in [-0.05, 0) is 119 Å². The van der Waals surface area contributed by atoms with Gasteiger partial charge in [-0.1, -0.05) is 24.3 Å². The molecule has 2 aliphatic heterocycles. The number of fused-ring (bicyclic) bond motifs is 4. The van der Waals surface area contributed by atoms with Gasteiger partial charge < -0.3 is 48.4 Å². The van der Waals surface area contributed by atoms with E-state index in [4.69, 9.17) is 28.4 Å². The zero-order valence-corrected chi connectivity index (χ0v) is 42.4. The third kappa shape index (κ3) is 8.48. The molecule has 12 rings (SSSR count). The number of aromatic amines is 4. The summed E-state index contributed by atoms with van der Waals surface area (Å²) in [5, 5.41) is 3.29. The first-order valence-electron chi connectivity index (χ1n) is 24.4. The highest BCUT2D eigenvalue weighted by Gasteiger charge is 2.50. The first kappa shape index (κ1) is 48.6. The highest BCUT2D eigenvalue weighted by molar-refractivity contribution is 6.50. The van der Waals surface area contributed by atoms with Crippen LogP contribution in [0.25, 0.3) is 54.8 Å². The van der Waals surface area contributed by atoms with Crippen LogP contribution in [0, 0.1) is 0 Å². The lowest BCUT2D eigenvalue weighted by Gasteiger charge is -2.15. The van der Waals surface area contributed by atoms with Crippen LogP contribution in [0.4, 0.5) is 0 Å². The Hall–Kier alpha value is -9.70. The number of carbonyl (C=O) groups excluding carboxylic acids is 4. The molecule has 4 aromatic heterocycles. The molecule has 0 bridgehead atoms. The van der Waals surface area contributed by atoms with Gasteiger partial charge in [0.15, 0.2) is 0 Å². The van der Waals surface area contributed by atoms with Gasteiger partial charge >= 0.3 is 0 Å². The predicted molar refractivity (Wildman–Crippen MR) is 291 cm³/mol. The number of nitrogens with zero attached hydrogens (tertiary/aromatic N) is 2. The van der Waals surface area contributed by atoms with Crippen LogP contribution >= 0.6 is 0 Å². The zero-order chi connectivity index (χ0) is 52.8. The summed E-state index contributed by atoms with van der Waals surface area (Å²) < 4.78 is 32.3. The fourth-order valence-electron chi connectivity index (χ4n) is 10.4. The van der Waals surface area contributed by atoms with Crippen molar-refractivity contribution >= 4 is 78.4 Å². The average molecular weight is 1020 g/mol. The molecule has 2 atom stereocenters. The molecule has 4 amide bonds. The predicted octanol–water partition coefficient (Wildman–Crippen LogP) is 10.5. The zero-order valence-electron chi connectivity index (χ0n) is 42.4. The van der Waals surface area contributed by atoms with E-state index < -0.39 is 11.8 Å². The van der Waals surface area contributed by atoms with Gasteiger partial charge in [0, 0.05) is 81.0 Å². The molecule has 0 aliphatic carbocycles. The highest BCUT2D eigenvalue weighted by atomic mass is 16.5. The van der Waals surface area contributed by atoms with Crippen LogP contribution in [0.5, 0.6) is 34.5 Å². The van der Waals surface area contributed by atoms with Crippen LogP contribution in [0.2, 0.25) is 0 Å². The maximum Gasteiger partial charge on any atom is 0.262 e. The molecule has 1 saturated heterocycles. The maximum atomic E-state index is 14.1. The lowest BCUT2D eigenvalue weighted by molar-refractivity contribution is -0.140. The second-order valence-electron chi connectivity index (χ2n) is 18.4. The number of imide groups is 2. The molecule has 76 heavy (non-hydrogen) atoms. The third-order valence-corrected chi connectivity index (χ3v) is 14.4. The molecule has 6 heterocycles. The van der Waals surface area contributed by atoms with Gasteiger partial charge in [0.05, 0.1) is 78.7 Å². The Morgan fingerprint density at radius 2 is 0.684 bits per heavy atom. The Morgan fingerprint density at radius 3 is 1.04 bits per heavy atom. The van der Waals surface area contributed by atoms with Crippen LogP contribution < -0.4 is 28.4 Å². The summed E-state index contributed by atoms with van der Waals surface area (Å²) in [4.78, 5) is 72.0. The fourth-order valence-corrected chi connectivity index (χ4v) is 10.4. The number of hydrogen-bond acceptors (Lipinski definition) is 10. The summed E-state index contributed by atoms with van der Waals surface area (Å²) in [6, 6.07) is 37.3. The first-order valence-corrected chi connectivity index (χ1v) is 24.4. The summed E-state index contributed by atoms with van der Waals surface area (Å²) in [6.07, 6.45) is 7.21. The fraction of sp³-hybridized carbons (Fsp3) is 0.167. The molecule has 2 aliphatic rings. The van der Waals surface area contributed by atoms with Crippen molar-refractivity contribution in [2.75, 3.05) is 42.7 Å². The quantitative estimate of drug-likeness (QED) is 0.0762. The Morgan fingerprint density at radius 1 is 0.382 bits per heavy atom. The van der Waals surface area contributed by atoms with Crippen molar-refractivity contribution in [1.29, 1.82) is 0 Å². The standard InChI is InChI=1S/C30H27N3O5.C30H25N3O5.H2/c2*1-36-18-6-4-17(5-7-18)16-33-29(34)27(23-14-31-25-10-8-19(37-2)12-21(23)25)28(30(33)35)24-15-32-26-11-9-20(38-3)13-22(24)26;/h4-15,27-28,31-32H,16H2,1-3H3;4-15,31-32H,16H2,1-3H3;1H/i;;1+1. The van der Waals surface area contributed by atoms with Gasteiger partial charge in [-0.25, -0.2) is 0 Å². The Labute approximate surface area is 437 Å². The van der Waals surface area contributed by atoms with E-state index in [1.165, 1.54) is 9.80 Å². The van der Waals surface area contributed by atoms with E-state index in [2.05, 4.69) is 19.9 Å². The smallest absolute Gasteiger partial charge is 0.262 e. The normalized spacial score (nSPS) is 15.6. The van der Waals surface area contributed by atoms with E-state index in [1.807, 2.05) is 134 Å². The number of H-pyrrole nitrogens is 4. The van der Waals surface area contributed by atoms with Crippen LogP contribution in [0.3, 0.4) is 0 Å². The molecular weight excluding hydrogens is 965 g/mol. The van der Waals surface area contributed by atoms with E-state index >= 15 is 0 Å². The molecule has 0 radical (unpaired) electrons. The summed E-state index contributed by atoms with van der Waals surface area (Å²) in [6.45, 7) is 0.304. The Kier molecular flexibility index (Phi) is 12.8. The second-order valence-corrected chi connectivity index (χ2v) is 18.4. The summed E-state index contributed by atoms with van der Waals surface area (Å²) in [7, 11) is 9.60. The highest BCUT2D eigenvalue weighted by Crippen LogP contribution is 2.48. The molecule has 2 unspecified atom stereocenters. The SMILES string of the molecule is COc1ccc(CN2C(=O)C(c3c[nH]c4ccc(OC)cc34)=C(c3c[nH]c4ccc(OC)cc34)C2=O)cc1.COc1ccc(CN2C(=O)C(c3c[nH]c4ccc(OC)cc34)C(c3c[nH]c4ccc(OC)cc34)C2=O)cc1.[2HH]. The number of methoxy groups -OCH3 is 6. The Balaban J connectivity index is 0.000000172. The van der Waals surface area contributed by atoms with E-state index in [9.17, 15) is 19.2 Å². The van der Waals surface area contributed by atoms with E-state index in [-0.39, 0.29) is 38.1 Å². The van der Waals surface area contributed by atoms with Crippen molar-refractivity contribution in [3.63, 3.8) is 0 Å². The van der Waals surface area contributed by atoms with Crippen molar-refractivity contribution in [1.82, 2.24) is 29.7 Å². The second kappa shape index (κ2) is 20.0. The number of likely N-dealkylation sites (tertiary alicyclic amines) is 1. The van der Waals surface area contributed by atoms with Crippen LogP contribution in [-0.2, 0) is 32.3 Å². The minimum atomic E-state index is -0.716. The van der Waals surface area contributed by atoms with Crippen molar-refractivity contribution in [3.8, 4) is 34.5 Å². The number of benzene rings is 6. The molecule has 10 aromatic rings. The number of rotatable bonds is 14. The van der Waals surface area contributed by atoms with Crippen LogP contribution in [0.1, 0.15) is 46.6 Å². The molecule has 384 valence electrons. The summed E-state index contributed by atoms with van der Waals surface area (Å²) in [5.41, 5.74) is 8.55. The monoisotopic (exact) mass is 1020 g/mol. The molecular formula is C60H54N6O10. The number of nitrogens with one attached hydrogen (secondary N) is 4. The van der Waals surface area contributed by atoms with Gasteiger partial charge in [0.2, 0.25) is 11.8 Å². The van der Waals surface area contributed by atoms with Gasteiger partial charge in [-0.2, -0.15) is 0 Å². The number of ether oxygens (including phenoxy) is 6. The molecule has 0 saturated carbocycles. The third-order valence-electron chi connectivity index (χ3n) is 14.4. The van der Waals surface area contributed by atoms with E-state index in [1.54, 1.807) is 55.1 Å². The molecule has 16 heteroatoms. The molecule has 16 nitrogen and oxygen atoms in total. The van der Waals surface area contributed by atoms with E-state index in [0.29, 0.717) is 56.8 Å². The largest absolute Gasteiger partial charge is 0.497 e.